The fourth-order valence-electron chi connectivity index (χ4n) is 4.55. The lowest BCUT2D eigenvalue weighted by Crippen LogP contribution is -2.20. The third kappa shape index (κ3) is 2.53. The number of amides is 1. The maximum absolute atomic E-state index is 12.4. The van der Waals surface area contributed by atoms with E-state index in [0.29, 0.717) is 30.7 Å². The van der Waals surface area contributed by atoms with Gasteiger partial charge in [0.1, 0.15) is 13.2 Å². The summed E-state index contributed by atoms with van der Waals surface area (Å²) >= 11 is 1.49. The number of benzene rings is 1. The molecule has 6 heteroatoms. The van der Waals surface area contributed by atoms with Crippen molar-refractivity contribution in [3.8, 4) is 11.5 Å². The molecular weight excluding hydrogens is 324 g/mol. The maximum Gasteiger partial charge on any atom is 0.226 e. The van der Waals surface area contributed by atoms with E-state index < -0.39 is 0 Å². The highest BCUT2D eigenvalue weighted by atomic mass is 32.1. The largest absolute Gasteiger partial charge is 0.486 e. The molecule has 2 heterocycles. The van der Waals surface area contributed by atoms with E-state index in [1.807, 2.05) is 12.1 Å². The Hall–Kier alpha value is -1.82. The highest BCUT2D eigenvalue weighted by Gasteiger charge is 2.40. The normalized spacial score (nSPS) is 27.6. The summed E-state index contributed by atoms with van der Waals surface area (Å²) in [6, 6.07) is 3.85. The zero-order chi connectivity index (χ0) is 16.1. The summed E-state index contributed by atoms with van der Waals surface area (Å²) in [5, 5.41) is 3.66. The lowest BCUT2D eigenvalue weighted by Gasteiger charge is -2.20. The van der Waals surface area contributed by atoms with Gasteiger partial charge < -0.3 is 14.8 Å². The monoisotopic (exact) mass is 344 g/mol. The summed E-state index contributed by atoms with van der Waals surface area (Å²) in [6.45, 7) is 1.14. The third-order valence-corrected chi connectivity index (χ3v) is 6.56. The number of anilines is 1. The van der Waals surface area contributed by atoms with Crippen molar-refractivity contribution in [3.63, 3.8) is 0 Å². The molecule has 0 spiro atoms. The Balaban J connectivity index is 1.30. The van der Waals surface area contributed by atoms with Crippen molar-refractivity contribution in [2.24, 2.45) is 17.8 Å². The zero-order valence-electron chi connectivity index (χ0n) is 13.4. The number of carbonyl (C=O) groups excluding carboxylic acids is 1. The van der Waals surface area contributed by atoms with Crippen LogP contribution in [0.1, 0.15) is 32.1 Å². The van der Waals surface area contributed by atoms with Crippen LogP contribution in [-0.2, 0) is 4.79 Å². The van der Waals surface area contributed by atoms with Crippen LogP contribution in [0.15, 0.2) is 12.1 Å². The molecule has 2 bridgehead atoms. The highest BCUT2D eigenvalue weighted by molar-refractivity contribution is 7.22. The Kier molecular flexibility index (Phi) is 3.40. The van der Waals surface area contributed by atoms with E-state index in [4.69, 9.17) is 9.47 Å². The van der Waals surface area contributed by atoms with Gasteiger partial charge in [0.05, 0.1) is 10.2 Å². The number of hydrogen-bond donors (Lipinski definition) is 1. The highest BCUT2D eigenvalue weighted by Crippen LogP contribution is 2.49. The van der Waals surface area contributed by atoms with Gasteiger partial charge in [-0.25, -0.2) is 4.98 Å². The minimum atomic E-state index is 0.101. The Morgan fingerprint density at radius 2 is 2.04 bits per heavy atom. The molecule has 0 saturated heterocycles. The molecule has 3 atom stereocenters. The van der Waals surface area contributed by atoms with E-state index in [1.165, 1.54) is 37.0 Å². The van der Waals surface area contributed by atoms with E-state index in [9.17, 15) is 4.79 Å². The number of ether oxygens (including phenoxy) is 2. The number of carbonyl (C=O) groups is 1. The number of aromatic nitrogens is 1. The summed E-state index contributed by atoms with van der Waals surface area (Å²) in [6.07, 6.45) is 5.90. The van der Waals surface area contributed by atoms with Crippen LogP contribution in [0.4, 0.5) is 5.13 Å². The molecule has 2 fully saturated rings. The summed E-state index contributed by atoms with van der Waals surface area (Å²) in [4.78, 5) is 16.9. The number of nitrogens with one attached hydrogen (secondary N) is 1. The molecule has 3 unspecified atom stereocenters. The van der Waals surface area contributed by atoms with Crippen molar-refractivity contribution in [1.29, 1.82) is 0 Å². The smallest absolute Gasteiger partial charge is 0.226 e. The average Bonchev–Trinajstić information content (AvgIpc) is 3.26. The SMILES string of the molecule is O=C(CC1CC2CCC1C2)Nc1nc2cc3c(cc2s1)OCCO3. The van der Waals surface area contributed by atoms with Gasteiger partial charge in [0, 0.05) is 18.6 Å². The molecule has 1 N–H and O–H groups in total. The van der Waals surface area contributed by atoms with Gasteiger partial charge in [-0.2, -0.15) is 0 Å². The molecule has 2 aliphatic carbocycles. The fraction of sp³-hybridized carbons (Fsp3) is 0.556. The number of rotatable bonds is 3. The third-order valence-electron chi connectivity index (χ3n) is 5.63. The minimum Gasteiger partial charge on any atom is -0.486 e. The van der Waals surface area contributed by atoms with E-state index in [-0.39, 0.29) is 5.91 Å². The van der Waals surface area contributed by atoms with Crippen molar-refractivity contribution >= 4 is 32.6 Å². The number of fused-ring (bicyclic) bond motifs is 4. The fourth-order valence-corrected chi connectivity index (χ4v) is 5.45. The summed E-state index contributed by atoms with van der Waals surface area (Å²) in [5.74, 6) is 3.82. The first-order valence-corrected chi connectivity index (χ1v) is 9.56. The molecule has 3 aliphatic rings. The predicted octanol–water partition coefficient (Wildman–Crippen LogP) is 3.83. The van der Waals surface area contributed by atoms with Crippen LogP contribution in [0, 0.1) is 17.8 Å². The zero-order valence-corrected chi connectivity index (χ0v) is 14.2. The first-order valence-electron chi connectivity index (χ1n) is 8.74. The predicted molar refractivity (Wildman–Crippen MR) is 92.8 cm³/mol. The first kappa shape index (κ1) is 14.5. The van der Waals surface area contributed by atoms with Gasteiger partial charge in [0.2, 0.25) is 5.91 Å². The Labute approximate surface area is 144 Å². The van der Waals surface area contributed by atoms with Gasteiger partial charge in [-0.05, 0) is 37.0 Å². The van der Waals surface area contributed by atoms with Crippen LogP contribution >= 0.6 is 11.3 Å². The second kappa shape index (κ2) is 5.62. The Bertz CT molecular complexity index is 760. The van der Waals surface area contributed by atoms with Gasteiger partial charge in [-0.3, -0.25) is 4.79 Å². The minimum absolute atomic E-state index is 0.101. The second-order valence-corrected chi connectivity index (χ2v) is 8.20. The van der Waals surface area contributed by atoms with E-state index in [2.05, 4.69) is 10.3 Å². The molecule has 0 radical (unpaired) electrons. The van der Waals surface area contributed by atoms with Gasteiger partial charge >= 0.3 is 0 Å². The van der Waals surface area contributed by atoms with Crippen molar-refractivity contribution in [1.82, 2.24) is 4.98 Å². The molecule has 5 nitrogen and oxygen atoms in total. The summed E-state index contributed by atoms with van der Waals surface area (Å²) in [7, 11) is 0. The van der Waals surface area contributed by atoms with Crippen molar-refractivity contribution in [2.45, 2.75) is 32.1 Å². The van der Waals surface area contributed by atoms with E-state index >= 15 is 0 Å². The van der Waals surface area contributed by atoms with Gasteiger partial charge in [0.15, 0.2) is 16.6 Å². The molecule has 1 amide bonds. The van der Waals surface area contributed by atoms with E-state index in [1.54, 1.807) is 0 Å². The van der Waals surface area contributed by atoms with Crippen molar-refractivity contribution in [2.75, 3.05) is 18.5 Å². The molecule has 1 aliphatic heterocycles. The molecular formula is C18H20N2O3S. The second-order valence-electron chi connectivity index (χ2n) is 7.17. The van der Waals surface area contributed by atoms with Crippen LogP contribution in [0.3, 0.4) is 0 Å². The van der Waals surface area contributed by atoms with Crippen LogP contribution in [-0.4, -0.2) is 24.1 Å². The molecule has 2 aromatic rings. The van der Waals surface area contributed by atoms with Crippen LogP contribution in [0.2, 0.25) is 0 Å². The topological polar surface area (TPSA) is 60.5 Å². The molecule has 24 heavy (non-hydrogen) atoms. The molecule has 1 aromatic carbocycles. The van der Waals surface area contributed by atoms with E-state index in [0.717, 1.165) is 33.6 Å². The van der Waals surface area contributed by atoms with Crippen molar-refractivity contribution in [3.05, 3.63) is 12.1 Å². The molecule has 126 valence electrons. The molecule has 1 aromatic heterocycles. The standard InChI is InChI=1S/C18H20N2O3S/c21-17(7-12-6-10-1-2-11(12)5-10)20-18-19-13-8-14-15(9-16(13)24-18)23-4-3-22-14/h8-12H,1-7H2,(H,19,20,21). The lowest BCUT2D eigenvalue weighted by atomic mass is 9.86. The van der Waals surface area contributed by atoms with Crippen molar-refractivity contribution < 1.29 is 14.3 Å². The van der Waals surface area contributed by atoms with Crippen LogP contribution in [0.25, 0.3) is 10.2 Å². The van der Waals surface area contributed by atoms with Crippen LogP contribution < -0.4 is 14.8 Å². The molecule has 5 rings (SSSR count). The first-order chi connectivity index (χ1) is 11.7. The van der Waals surface area contributed by atoms with Gasteiger partial charge in [0.25, 0.3) is 0 Å². The average molecular weight is 344 g/mol. The number of hydrogen-bond acceptors (Lipinski definition) is 5. The summed E-state index contributed by atoms with van der Waals surface area (Å²) in [5.41, 5.74) is 0.847. The maximum atomic E-state index is 12.4. The Morgan fingerprint density at radius 1 is 1.21 bits per heavy atom. The Morgan fingerprint density at radius 3 is 2.79 bits per heavy atom. The summed E-state index contributed by atoms with van der Waals surface area (Å²) < 4.78 is 12.2. The van der Waals surface area contributed by atoms with Gasteiger partial charge in [-0.15, -0.1) is 0 Å². The lowest BCUT2D eigenvalue weighted by molar-refractivity contribution is -0.117. The number of thiazole rings is 1. The quantitative estimate of drug-likeness (QED) is 0.919. The molecule has 2 saturated carbocycles. The van der Waals surface area contributed by atoms with Gasteiger partial charge in [-0.1, -0.05) is 17.8 Å². The van der Waals surface area contributed by atoms with Crippen LogP contribution in [0.5, 0.6) is 11.5 Å². The number of nitrogens with zero attached hydrogens (tertiary/aromatic N) is 1.